The standard InChI is InChI=1S/C17H32N2/c1-3-17(4-2)13-18-16(10-5-6-11-16)14-19(17)12-15-8-7-9-15/h15,18H,3-14H2,1-2H3. The molecule has 0 aromatic heterocycles. The van der Waals surface area contributed by atoms with Crippen LogP contribution in [-0.2, 0) is 0 Å². The average Bonchev–Trinajstić information content (AvgIpc) is 2.83. The molecule has 3 rings (SSSR count). The normalized spacial score (nSPS) is 30.6. The Morgan fingerprint density at radius 3 is 2.26 bits per heavy atom. The maximum Gasteiger partial charge on any atom is 0.0329 e. The minimum Gasteiger partial charge on any atom is -0.308 e. The van der Waals surface area contributed by atoms with Crippen molar-refractivity contribution in [1.29, 1.82) is 0 Å². The van der Waals surface area contributed by atoms with Crippen LogP contribution in [0.1, 0.15) is 71.6 Å². The van der Waals surface area contributed by atoms with Crippen molar-refractivity contribution in [2.45, 2.75) is 82.7 Å². The SMILES string of the molecule is CCC1(CC)CNC2(CCCC2)CN1CC1CCC1. The van der Waals surface area contributed by atoms with Gasteiger partial charge < -0.3 is 5.32 Å². The highest BCUT2D eigenvalue weighted by atomic mass is 15.3. The third-order valence-electron chi connectivity index (χ3n) is 6.54. The molecule has 1 heterocycles. The predicted molar refractivity (Wildman–Crippen MR) is 81.4 cm³/mol. The lowest BCUT2D eigenvalue weighted by Crippen LogP contribution is -2.69. The second-order valence-electron chi connectivity index (χ2n) is 7.45. The summed E-state index contributed by atoms with van der Waals surface area (Å²) in [6, 6.07) is 0. The zero-order valence-electron chi connectivity index (χ0n) is 13.0. The summed E-state index contributed by atoms with van der Waals surface area (Å²) in [5.74, 6) is 1.01. The number of hydrogen-bond acceptors (Lipinski definition) is 2. The Balaban J connectivity index is 1.74. The molecule has 3 aliphatic rings. The van der Waals surface area contributed by atoms with Gasteiger partial charge in [-0.05, 0) is 44.4 Å². The minimum absolute atomic E-state index is 0.448. The van der Waals surface area contributed by atoms with Crippen LogP contribution in [0.15, 0.2) is 0 Å². The molecule has 0 atom stereocenters. The van der Waals surface area contributed by atoms with Crippen LogP contribution in [-0.4, -0.2) is 35.6 Å². The van der Waals surface area contributed by atoms with E-state index in [9.17, 15) is 0 Å². The van der Waals surface area contributed by atoms with Gasteiger partial charge in [-0.1, -0.05) is 33.1 Å². The highest BCUT2D eigenvalue weighted by molar-refractivity contribution is 5.06. The van der Waals surface area contributed by atoms with Crippen LogP contribution >= 0.6 is 0 Å². The van der Waals surface area contributed by atoms with Crippen LogP contribution in [0.5, 0.6) is 0 Å². The van der Waals surface area contributed by atoms with Crippen molar-refractivity contribution in [3.63, 3.8) is 0 Å². The minimum atomic E-state index is 0.448. The van der Waals surface area contributed by atoms with Gasteiger partial charge in [0.1, 0.15) is 0 Å². The molecule has 2 aliphatic carbocycles. The Morgan fingerprint density at radius 2 is 1.74 bits per heavy atom. The number of nitrogens with zero attached hydrogens (tertiary/aromatic N) is 1. The van der Waals surface area contributed by atoms with Gasteiger partial charge in [0.15, 0.2) is 0 Å². The smallest absolute Gasteiger partial charge is 0.0329 e. The molecule has 1 aliphatic heterocycles. The van der Waals surface area contributed by atoms with Crippen molar-refractivity contribution < 1.29 is 0 Å². The van der Waals surface area contributed by atoms with E-state index in [1.165, 1.54) is 77.4 Å². The molecular weight excluding hydrogens is 232 g/mol. The molecule has 0 radical (unpaired) electrons. The van der Waals surface area contributed by atoms with Gasteiger partial charge in [-0.25, -0.2) is 0 Å². The fourth-order valence-electron chi connectivity index (χ4n) is 4.63. The van der Waals surface area contributed by atoms with E-state index in [-0.39, 0.29) is 0 Å². The second-order valence-corrected chi connectivity index (χ2v) is 7.45. The highest BCUT2D eigenvalue weighted by Crippen LogP contribution is 2.40. The molecule has 2 heteroatoms. The van der Waals surface area contributed by atoms with E-state index in [0.717, 1.165) is 5.92 Å². The van der Waals surface area contributed by atoms with Crippen molar-refractivity contribution in [3.05, 3.63) is 0 Å². The van der Waals surface area contributed by atoms with Gasteiger partial charge in [-0.2, -0.15) is 0 Å². The van der Waals surface area contributed by atoms with Crippen molar-refractivity contribution in [3.8, 4) is 0 Å². The van der Waals surface area contributed by atoms with E-state index < -0.39 is 0 Å². The molecule has 1 saturated heterocycles. The number of rotatable bonds is 4. The molecule has 19 heavy (non-hydrogen) atoms. The molecule has 0 aromatic rings. The van der Waals surface area contributed by atoms with Gasteiger partial charge in [0.25, 0.3) is 0 Å². The fraction of sp³-hybridized carbons (Fsp3) is 1.00. The largest absolute Gasteiger partial charge is 0.308 e. The van der Waals surface area contributed by atoms with Crippen molar-refractivity contribution >= 4 is 0 Å². The number of piperazine rings is 1. The van der Waals surface area contributed by atoms with Gasteiger partial charge in [-0.3, -0.25) is 4.90 Å². The third-order valence-corrected chi connectivity index (χ3v) is 6.54. The summed E-state index contributed by atoms with van der Waals surface area (Å²) in [5.41, 5.74) is 0.932. The first kappa shape index (κ1) is 13.9. The van der Waals surface area contributed by atoms with E-state index in [0.29, 0.717) is 11.1 Å². The summed E-state index contributed by atoms with van der Waals surface area (Å²) in [6.07, 6.45) is 12.8. The van der Waals surface area contributed by atoms with Crippen LogP contribution in [0.25, 0.3) is 0 Å². The average molecular weight is 264 g/mol. The molecule has 0 unspecified atom stereocenters. The third kappa shape index (κ3) is 2.47. The Morgan fingerprint density at radius 1 is 1.05 bits per heavy atom. The molecule has 2 nitrogen and oxygen atoms in total. The highest BCUT2D eigenvalue weighted by Gasteiger charge is 2.47. The summed E-state index contributed by atoms with van der Waals surface area (Å²) in [5, 5.41) is 3.98. The predicted octanol–water partition coefficient (Wildman–Crippen LogP) is 3.56. The van der Waals surface area contributed by atoms with E-state index in [1.54, 1.807) is 0 Å². The van der Waals surface area contributed by atoms with Crippen molar-refractivity contribution in [2.75, 3.05) is 19.6 Å². The molecule has 1 spiro atoms. The molecule has 2 saturated carbocycles. The van der Waals surface area contributed by atoms with Crippen LogP contribution in [0.2, 0.25) is 0 Å². The first-order valence-electron chi connectivity index (χ1n) is 8.72. The van der Waals surface area contributed by atoms with E-state index in [1.807, 2.05) is 0 Å². The first-order chi connectivity index (χ1) is 9.22. The maximum absolute atomic E-state index is 3.98. The Labute approximate surface area is 119 Å². The Kier molecular flexibility index (Phi) is 3.92. The fourth-order valence-corrected chi connectivity index (χ4v) is 4.63. The van der Waals surface area contributed by atoms with Crippen molar-refractivity contribution in [2.24, 2.45) is 5.92 Å². The lowest BCUT2D eigenvalue weighted by molar-refractivity contribution is -0.0187. The molecule has 110 valence electrons. The maximum atomic E-state index is 3.98. The summed E-state index contributed by atoms with van der Waals surface area (Å²) < 4.78 is 0. The molecule has 3 fully saturated rings. The lowest BCUT2D eigenvalue weighted by Gasteiger charge is -2.55. The van der Waals surface area contributed by atoms with E-state index in [4.69, 9.17) is 0 Å². The summed E-state index contributed by atoms with van der Waals surface area (Å²) in [6.45, 7) is 8.72. The zero-order chi connectivity index (χ0) is 13.3. The number of nitrogens with one attached hydrogen (secondary N) is 1. The van der Waals surface area contributed by atoms with Crippen molar-refractivity contribution in [1.82, 2.24) is 10.2 Å². The molecule has 1 N–H and O–H groups in total. The molecular formula is C17H32N2. The summed E-state index contributed by atoms with van der Waals surface area (Å²) >= 11 is 0. The van der Waals surface area contributed by atoms with Crippen LogP contribution < -0.4 is 5.32 Å². The monoisotopic (exact) mass is 264 g/mol. The van der Waals surface area contributed by atoms with Gasteiger partial charge in [0, 0.05) is 30.7 Å². The molecule has 0 amide bonds. The summed E-state index contributed by atoms with van der Waals surface area (Å²) in [4.78, 5) is 2.92. The molecule has 0 aromatic carbocycles. The zero-order valence-corrected chi connectivity index (χ0v) is 13.0. The van der Waals surface area contributed by atoms with E-state index in [2.05, 4.69) is 24.1 Å². The van der Waals surface area contributed by atoms with Crippen LogP contribution in [0, 0.1) is 5.92 Å². The lowest BCUT2D eigenvalue weighted by atomic mass is 9.78. The molecule has 0 bridgehead atoms. The first-order valence-corrected chi connectivity index (χ1v) is 8.72. The Hall–Kier alpha value is -0.0800. The summed E-state index contributed by atoms with van der Waals surface area (Å²) in [7, 11) is 0. The Bertz CT molecular complexity index is 298. The van der Waals surface area contributed by atoms with Gasteiger partial charge >= 0.3 is 0 Å². The second kappa shape index (κ2) is 5.37. The van der Waals surface area contributed by atoms with E-state index >= 15 is 0 Å². The number of hydrogen-bond donors (Lipinski definition) is 1. The van der Waals surface area contributed by atoms with Gasteiger partial charge in [-0.15, -0.1) is 0 Å². The van der Waals surface area contributed by atoms with Gasteiger partial charge in [0.2, 0.25) is 0 Å². The van der Waals surface area contributed by atoms with Crippen LogP contribution in [0.4, 0.5) is 0 Å². The van der Waals surface area contributed by atoms with Crippen LogP contribution in [0.3, 0.4) is 0 Å². The van der Waals surface area contributed by atoms with Gasteiger partial charge in [0.05, 0.1) is 0 Å². The quantitative estimate of drug-likeness (QED) is 0.835. The topological polar surface area (TPSA) is 15.3 Å².